The molecule has 4 nitrogen and oxygen atoms in total. The van der Waals surface area contributed by atoms with Gasteiger partial charge in [0, 0.05) is 26.1 Å². The standard InChI is InChI=1S/C13H21N3O/c1-15-13(17)10-16(2)9-12(8-14)11-6-4-3-5-7-11/h3-7,12H,8-10,14H2,1-2H3,(H,15,17). The second-order valence-electron chi connectivity index (χ2n) is 4.21. The van der Waals surface area contributed by atoms with Gasteiger partial charge in [0.2, 0.25) is 5.91 Å². The van der Waals surface area contributed by atoms with E-state index in [1.807, 2.05) is 30.1 Å². The highest BCUT2D eigenvalue weighted by molar-refractivity contribution is 5.77. The van der Waals surface area contributed by atoms with Crippen molar-refractivity contribution in [1.29, 1.82) is 0 Å². The monoisotopic (exact) mass is 235 g/mol. The van der Waals surface area contributed by atoms with Gasteiger partial charge < -0.3 is 11.1 Å². The molecule has 94 valence electrons. The van der Waals surface area contributed by atoms with Gasteiger partial charge in [0.15, 0.2) is 0 Å². The molecule has 17 heavy (non-hydrogen) atoms. The predicted octanol–water partition coefficient (Wildman–Crippen LogP) is 0.407. The van der Waals surface area contributed by atoms with Crippen LogP contribution in [0.5, 0.6) is 0 Å². The average molecular weight is 235 g/mol. The van der Waals surface area contributed by atoms with E-state index in [1.165, 1.54) is 5.56 Å². The van der Waals surface area contributed by atoms with Gasteiger partial charge in [-0.05, 0) is 12.6 Å². The van der Waals surface area contributed by atoms with E-state index in [0.29, 0.717) is 13.1 Å². The summed E-state index contributed by atoms with van der Waals surface area (Å²) in [6.07, 6.45) is 0. The lowest BCUT2D eigenvalue weighted by molar-refractivity contribution is -0.121. The molecule has 0 heterocycles. The van der Waals surface area contributed by atoms with Gasteiger partial charge in [-0.15, -0.1) is 0 Å². The number of nitrogens with zero attached hydrogens (tertiary/aromatic N) is 1. The first-order chi connectivity index (χ1) is 8.17. The van der Waals surface area contributed by atoms with E-state index >= 15 is 0 Å². The highest BCUT2D eigenvalue weighted by atomic mass is 16.1. The van der Waals surface area contributed by atoms with Gasteiger partial charge in [-0.1, -0.05) is 30.3 Å². The molecule has 0 fully saturated rings. The fourth-order valence-electron chi connectivity index (χ4n) is 1.81. The summed E-state index contributed by atoms with van der Waals surface area (Å²) >= 11 is 0. The zero-order valence-corrected chi connectivity index (χ0v) is 10.5. The fourth-order valence-corrected chi connectivity index (χ4v) is 1.81. The second-order valence-corrected chi connectivity index (χ2v) is 4.21. The number of amides is 1. The first-order valence-electron chi connectivity index (χ1n) is 5.81. The van der Waals surface area contributed by atoms with Crippen LogP contribution in [0.15, 0.2) is 30.3 Å². The van der Waals surface area contributed by atoms with Gasteiger partial charge in [-0.2, -0.15) is 0 Å². The average Bonchev–Trinajstić information content (AvgIpc) is 2.36. The number of likely N-dealkylation sites (N-methyl/N-ethyl adjacent to an activating group) is 2. The van der Waals surface area contributed by atoms with E-state index in [4.69, 9.17) is 5.73 Å². The summed E-state index contributed by atoms with van der Waals surface area (Å²) in [7, 11) is 3.58. The van der Waals surface area contributed by atoms with Crippen molar-refractivity contribution in [1.82, 2.24) is 10.2 Å². The molecule has 3 N–H and O–H groups in total. The molecule has 0 bridgehead atoms. The molecule has 1 unspecified atom stereocenters. The van der Waals surface area contributed by atoms with Crippen LogP contribution in [-0.4, -0.2) is 44.5 Å². The van der Waals surface area contributed by atoms with Gasteiger partial charge >= 0.3 is 0 Å². The van der Waals surface area contributed by atoms with E-state index in [9.17, 15) is 4.79 Å². The number of carbonyl (C=O) groups excluding carboxylic acids is 1. The van der Waals surface area contributed by atoms with Crippen molar-refractivity contribution in [2.75, 3.05) is 33.7 Å². The van der Waals surface area contributed by atoms with Crippen molar-refractivity contribution < 1.29 is 4.79 Å². The third-order valence-corrected chi connectivity index (χ3v) is 2.78. The van der Waals surface area contributed by atoms with Crippen LogP contribution in [0.1, 0.15) is 11.5 Å². The van der Waals surface area contributed by atoms with Crippen molar-refractivity contribution >= 4 is 5.91 Å². The van der Waals surface area contributed by atoms with Crippen molar-refractivity contribution in [3.63, 3.8) is 0 Å². The zero-order valence-electron chi connectivity index (χ0n) is 10.5. The first kappa shape index (κ1) is 13.7. The Balaban J connectivity index is 2.55. The number of carbonyl (C=O) groups is 1. The molecular formula is C13H21N3O. The highest BCUT2D eigenvalue weighted by Crippen LogP contribution is 2.14. The van der Waals surface area contributed by atoms with Gasteiger partial charge in [0.05, 0.1) is 6.54 Å². The van der Waals surface area contributed by atoms with E-state index in [-0.39, 0.29) is 11.8 Å². The molecule has 1 rings (SSSR count). The molecule has 0 saturated heterocycles. The van der Waals surface area contributed by atoms with Gasteiger partial charge in [-0.25, -0.2) is 0 Å². The van der Waals surface area contributed by atoms with Crippen molar-refractivity contribution in [3.8, 4) is 0 Å². The van der Waals surface area contributed by atoms with Crippen LogP contribution in [0, 0.1) is 0 Å². The summed E-state index contributed by atoms with van der Waals surface area (Å²) in [6.45, 7) is 1.77. The maximum atomic E-state index is 11.2. The Labute approximate surface area is 103 Å². The largest absolute Gasteiger partial charge is 0.358 e. The van der Waals surface area contributed by atoms with E-state index < -0.39 is 0 Å². The Kier molecular flexibility index (Phi) is 5.66. The molecule has 0 radical (unpaired) electrons. The summed E-state index contributed by atoms with van der Waals surface area (Å²) < 4.78 is 0. The molecule has 1 aromatic rings. The molecule has 1 amide bonds. The minimum atomic E-state index is 0.0244. The normalized spacial score (nSPS) is 12.5. The van der Waals surface area contributed by atoms with Gasteiger partial charge in [-0.3, -0.25) is 9.69 Å². The zero-order chi connectivity index (χ0) is 12.7. The van der Waals surface area contributed by atoms with Crippen LogP contribution in [0.3, 0.4) is 0 Å². The number of benzene rings is 1. The van der Waals surface area contributed by atoms with Crippen LogP contribution < -0.4 is 11.1 Å². The molecule has 0 aliphatic heterocycles. The maximum absolute atomic E-state index is 11.2. The van der Waals surface area contributed by atoms with Gasteiger partial charge in [0.1, 0.15) is 0 Å². The summed E-state index contributed by atoms with van der Waals surface area (Å²) in [5.74, 6) is 0.294. The van der Waals surface area contributed by atoms with Crippen LogP contribution in [-0.2, 0) is 4.79 Å². The molecule has 0 aliphatic rings. The molecule has 0 aliphatic carbocycles. The predicted molar refractivity (Wildman–Crippen MR) is 69.8 cm³/mol. The van der Waals surface area contributed by atoms with Crippen molar-refractivity contribution in [2.24, 2.45) is 5.73 Å². The molecule has 0 aromatic heterocycles. The van der Waals surface area contributed by atoms with E-state index in [0.717, 1.165) is 6.54 Å². The minimum Gasteiger partial charge on any atom is -0.358 e. The first-order valence-corrected chi connectivity index (χ1v) is 5.81. The summed E-state index contributed by atoms with van der Waals surface area (Å²) in [4.78, 5) is 13.2. The summed E-state index contributed by atoms with van der Waals surface area (Å²) in [5, 5.41) is 2.62. The highest BCUT2D eigenvalue weighted by Gasteiger charge is 2.13. The molecule has 0 spiro atoms. The molecular weight excluding hydrogens is 214 g/mol. The Morgan fingerprint density at radius 3 is 2.59 bits per heavy atom. The lowest BCUT2D eigenvalue weighted by atomic mass is 9.99. The Morgan fingerprint density at radius 2 is 2.06 bits per heavy atom. The maximum Gasteiger partial charge on any atom is 0.233 e. The third-order valence-electron chi connectivity index (χ3n) is 2.78. The van der Waals surface area contributed by atoms with E-state index in [2.05, 4.69) is 17.4 Å². The Morgan fingerprint density at radius 1 is 1.41 bits per heavy atom. The smallest absolute Gasteiger partial charge is 0.233 e. The van der Waals surface area contributed by atoms with E-state index in [1.54, 1.807) is 7.05 Å². The molecule has 0 saturated carbocycles. The topological polar surface area (TPSA) is 58.4 Å². The third kappa shape index (κ3) is 4.54. The number of rotatable bonds is 6. The Bertz CT molecular complexity index is 340. The number of hydrogen-bond acceptors (Lipinski definition) is 3. The van der Waals surface area contributed by atoms with Crippen LogP contribution in [0.25, 0.3) is 0 Å². The van der Waals surface area contributed by atoms with Crippen LogP contribution in [0.2, 0.25) is 0 Å². The SMILES string of the molecule is CNC(=O)CN(C)CC(CN)c1ccccc1. The molecule has 1 aromatic carbocycles. The quantitative estimate of drug-likeness (QED) is 0.750. The number of hydrogen-bond donors (Lipinski definition) is 2. The summed E-state index contributed by atoms with van der Waals surface area (Å²) in [5.41, 5.74) is 7.01. The van der Waals surface area contributed by atoms with Crippen molar-refractivity contribution in [2.45, 2.75) is 5.92 Å². The number of nitrogens with one attached hydrogen (secondary N) is 1. The lowest BCUT2D eigenvalue weighted by Gasteiger charge is -2.22. The fraction of sp³-hybridized carbons (Fsp3) is 0.462. The second kappa shape index (κ2) is 7.04. The molecule has 4 heteroatoms. The molecule has 1 atom stereocenters. The van der Waals surface area contributed by atoms with Crippen LogP contribution in [0.4, 0.5) is 0 Å². The van der Waals surface area contributed by atoms with Crippen molar-refractivity contribution in [3.05, 3.63) is 35.9 Å². The lowest BCUT2D eigenvalue weighted by Crippen LogP contribution is -2.36. The van der Waals surface area contributed by atoms with Crippen LogP contribution >= 0.6 is 0 Å². The number of nitrogens with two attached hydrogens (primary N) is 1. The summed E-state index contributed by atoms with van der Waals surface area (Å²) in [6, 6.07) is 10.2. The Hall–Kier alpha value is -1.39. The minimum absolute atomic E-state index is 0.0244. The van der Waals surface area contributed by atoms with Gasteiger partial charge in [0.25, 0.3) is 0 Å².